The van der Waals surface area contributed by atoms with Gasteiger partial charge in [0.1, 0.15) is 12.4 Å². The smallest absolute Gasteiger partial charge is 0.407 e. The van der Waals surface area contributed by atoms with Crippen molar-refractivity contribution in [2.75, 3.05) is 19.0 Å². The molecule has 3 N–H and O–H groups in total. The minimum absolute atomic E-state index is 0.0620. The van der Waals surface area contributed by atoms with Crippen molar-refractivity contribution in [3.8, 4) is 5.75 Å². The number of anilines is 1. The van der Waals surface area contributed by atoms with Crippen LogP contribution in [0, 0.1) is 10.1 Å². The zero-order chi connectivity index (χ0) is 22.1. The molecule has 0 saturated carbocycles. The first-order valence-electron chi connectivity index (χ1n) is 9.05. The molecule has 1 atom stereocenters. The van der Waals surface area contributed by atoms with E-state index in [1.165, 1.54) is 26.2 Å². The molecular weight excluding hydrogens is 394 g/mol. The third-order valence-electron chi connectivity index (χ3n) is 4.12. The van der Waals surface area contributed by atoms with Crippen LogP contribution in [0.3, 0.4) is 0 Å². The number of nitro benzene ring substituents is 1. The molecule has 2 amide bonds. The maximum atomic E-state index is 11.6. The Bertz CT molecular complexity index is 903. The van der Waals surface area contributed by atoms with Crippen LogP contribution in [0.2, 0.25) is 0 Å². The normalized spacial score (nSPS) is 11.3. The zero-order valence-corrected chi connectivity index (χ0v) is 16.6. The molecule has 10 nitrogen and oxygen atoms in total. The quantitative estimate of drug-likeness (QED) is 0.420. The fourth-order valence-electron chi connectivity index (χ4n) is 2.74. The summed E-state index contributed by atoms with van der Waals surface area (Å²) < 4.78 is 10.2. The lowest BCUT2D eigenvalue weighted by Crippen LogP contribution is -2.39. The minimum Gasteiger partial charge on any atom is -0.486 e. The van der Waals surface area contributed by atoms with Gasteiger partial charge in [-0.2, -0.15) is 0 Å². The van der Waals surface area contributed by atoms with Crippen LogP contribution in [0.25, 0.3) is 0 Å². The summed E-state index contributed by atoms with van der Waals surface area (Å²) in [7, 11) is 1.17. The van der Waals surface area contributed by atoms with Crippen LogP contribution < -0.4 is 15.4 Å². The van der Waals surface area contributed by atoms with E-state index in [4.69, 9.17) is 4.74 Å². The number of nitro groups is 1. The number of aliphatic hydroxyl groups is 1. The van der Waals surface area contributed by atoms with E-state index in [1.807, 2.05) is 30.3 Å². The van der Waals surface area contributed by atoms with Gasteiger partial charge in [-0.25, -0.2) is 4.79 Å². The lowest BCUT2D eigenvalue weighted by molar-refractivity contribution is -0.385. The van der Waals surface area contributed by atoms with E-state index < -0.39 is 23.7 Å². The number of rotatable bonds is 9. The molecular formula is C20H23N3O7. The predicted molar refractivity (Wildman–Crippen MR) is 108 cm³/mol. The molecule has 160 valence electrons. The second kappa shape index (κ2) is 10.8. The molecule has 0 saturated heterocycles. The molecule has 0 aromatic heterocycles. The summed E-state index contributed by atoms with van der Waals surface area (Å²) in [5.41, 5.74) is 1.03. The van der Waals surface area contributed by atoms with Crippen molar-refractivity contribution >= 4 is 23.4 Å². The Balaban J connectivity index is 2.37. The predicted octanol–water partition coefficient (Wildman–Crippen LogP) is 2.39. The Labute approximate surface area is 173 Å². The number of amides is 2. The van der Waals surface area contributed by atoms with E-state index in [0.29, 0.717) is 0 Å². The van der Waals surface area contributed by atoms with Crippen LogP contribution in [0.15, 0.2) is 42.5 Å². The SMILES string of the molecule is COC(=O)N[C@H](CO)Cc1cc(NC(C)=O)c(OCc2ccccc2)cc1[N+](=O)[O-]. The first-order valence-corrected chi connectivity index (χ1v) is 9.05. The second-order valence-electron chi connectivity index (χ2n) is 6.41. The molecule has 2 aromatic rings. The molecule has 0 heterocycles. The average molecular weight is 417 g/mol. The molecule has 0 radical (unpaired) electrons. The minimum atomic E-state index is -0.822. The monoisotopic (exact) mass is 417 g/mol. The molecule has 2 rings (SSSR count). The van der Waals surface area contributed by atoms with Crippen molar-refractivity contribution in [3.63, 3.8) is 0 Å². The molecule has 0 aliphatic heterocycles. The maximum absolute atomic E-state index is 11.6. The Morgan fingerprint density at radius 3 is 2.50 bits per heavy atom. The number of ether oxygens (including phenoxy) is 2. The van der Waals surface area contributed by atoms with E-state index in [0.717, 1.165) is 5.56 Å². The standard InChI is InChI=1S/C20H23N3O7/c1-13(25)21-17-9-15(8-16(11-24)22-20(26)29-2)18(23(27)28)10-19(17)30-12-14-6-4-3-5-7-14/h3-7,9-10,16,24H,8,11-12H2,1-2H3,(H,21,25)(H,22,26)/t16-/m0/s1. The Morgan fingerprint density at radius 1 is 1.23 bits per heavy atom. The van der Waals surface area contributed by atoms with Gasteiger partial charge in [0, 0.05) is 18.9 Å². The van der Waals surface area contributed by atoms with E-state index in [1.54, 1.807) is 0 Å². The van der Waals surface area contributed by atoms with Gasteiger partial charge in [-0.1, -0.05) is 30.3 Å². The van der Waals surface area contributed by atoms with Crippen LogP contribution in [-0.2, 0) is 22.6 Å². The molecule has 10 heteroatoms. The van der Waals surface area contributed by atoms with Crippen molar-refractivity contribution in [3.05, 3.63) is 63.7 Å². The van der Waals surface area contributed by atoms with Crippen molar-refractivity contribution in [2.45, 2.75) is 26.0 Å². The third-order valence-corrected chi connectivity index (χ3v) is 4.12. The Morgan fingerprint density at radius 2 is 1.93 bits per heavy atom. The van der Waals surface area contributed by atoms with E-state index >= 15 is 0 Å². The van der Waals surface area contributed by atoms with Crippen LogP contribution in [-0.4, -0.2) is 41.8 Å². The second-order valence-corrected chi connectivity index (χ2v) is 6.41. The number of benzene rings is 2. The van der Waals surface area contributed by atoms with Gasteiger partial charge in [0.25, 0.3) is 5.69 Å². The van der Waals surface area contributed by atoms with E-state index in [2.05, 4.69) is 15.4 Å². The average Bonchev–Trinajstić information content (AvgIpc) is 2.72. The van der Waals surface area contributed by atoms with Gasteiger partial charge in [0.05, 0.1) is 36.4 Å². The molecule has 0 fully saturated rings. The number of hydrogen-bond acceptors (Lipinski definition) is 7. The van der Waals surface area contributed by atoms with Crippen molar-refractivity contribution in [2.24, 2.45) is 0 Å². The summed E-state index contributed by atoms with van der Waals surface area (Å²) in [4.78, 5) is 34.1. The van der Waals surface area contributed by atoms with Gasteiger partial charge >= 0.3 is 6.09 Å². The highest BCUT2D eigenvalue weighted by Gasteiger charge is 2.23. The third kappa shape index (κ3) is 6.45. The fourth-order valence-corrected chi connectivity index (χ4v) is 2.74. The zero-order valence-electron chi connectivity index (χ0n) is 16.6. The number of nitrogens with zero attached hydrogens (tertiary/aromatic N) is 1. The Kier molecular flexibility index (Phi) is 8.12. The van der Waals surface area contributed by atoms with Crippen molar-refractivity contribution in [1.29, 1.82) is 0 Å². The highest BCUT2D eigenvalue weighted by atomic mass is 16.6. The van der Waals surface area contributed by atoms with Gasteiger partial charge in [-0.3, -0.25) is 14.9 Å². The summed E-state index contributed by atoms with van der Waals surface area (Å²) in [6, 6.07) is 11.0. The topological polar surface area (TPSA) is 140 Å². The molecule has 30 heavy (non-hydrogen) atoms. The lowest BCUT2D eigenvalue weighted by Gasteiger charge is -2.18. The highest BCUT2D eigenvalue weighted by molar-refractivity contribution is 5.91. The van der Waals surface area contributed by atoms with Crippen molar-refractivity contribution in [1.82, 2.24) is 5.32 Å². The highest BCUT2D eigenvalue weighted by Crippen LogP contribution is 2.34. The lowest BCUT2D eigenvalue weighted by atomic mass is 10.0. The number of hydrogen-bond donors (Lipinski definition) is 3. The fraction of sp³-hybridized carbons (Fsp3) is 0.300. The first kappa shape index (κ1) is 22.6. The summed E-state index contributed by atoms with van der Waals surface area (Å²) in [5.74, 6) is -0.253. The molecule has 0 spiro atoms. The molecule has 0 unspecified atom stereocenters. The molecule has 0 bridgehead atoms. The number of alkyl carbamates (subject to hydrolysis) is 1. The number of methoxy groups -OCH3 is 1. The number of nitrogens with one attached hydrogen (secondary N) is 2. The van der Waals surface area contributed by atoms with Crippen LogP contribution in [0.5, 0.6) is 5.75 Å². The van der Waals surface area contributed by atoms with Gasteiger partial charge in [0.15, 0.2) is 0 Å². The van der Waals surface area contributed by atoms with Crippen LogP contribution in [0.4, 0.5) is 16.2 Å². The van der Waals surface area contributed by atoms with E-state index in [9.17, 15) is 24.8 Å². The van der Waals surface area contributed by atoms with Crippen molar-refractivity contribution < 1.29 is 29.1 Å². The van der Waals surface area contributed by atoms with Gasteiger partial charge in [-0.05, 0) is 11.6 Å². The van der Waals surface area contributed by atoms with Crippen LogP contribution >= 0.6 is 0 Å². The summed E-state index contributed by atoms with van der Waals surface area (Å²) in [5, 5.41) is 26.1. The van der Waals surface area contributed by atoms with Gasteiger partial charge < -0.3 is 25.2 Å². The van der Waals surface area contributed by atoms with Crippen LogP contribution in [0.1, 0.15) is 18.1 Å². The molecule has 0 aliphatic carbocycles. The summed E-state index contributed by atoms with van der Waals surface area (Å²) in [6.07, 6.45) is -0.838. The van der Waals surface area contributed by atoms with Gasteiger partial charge in [0.2, 0.25) is 5.91 Å². The first-order chi connectivity index (χ1) is 14.3. The summed E-state index contributed by atoms with van der Waals surface area (Å²) >= 11 is 0. The number of carbonyl (C=O) groups excluding carboxylic acids is 2. The molecule has 2 aromatic carbocycles. The largest absolute Gasteiger partial charge is 0.486 e. The number of carbonyl (C=O) groups is 2. The maximum Gasteiger partial charge on any atom is 0.407 e. The van der Waals surface area contributed by atoms with Gasteiger partial charge in [-0.15, -0.1) is 0 Å². The Hall–Kier alpha value is -3.66. The molecule has 0 aliphatic rings. The number of aliphatic hydroxyl groups excluding tert-OH is 1. The van der Waals surface area contributed by atoms with E-state index in [-0.39, 0.29) is 41.6 Å². The summed E-state index contributed by atoms with van der Waals surface area (Å²) in [6.45, 7) is 0.985.